The quantitative estimate of drug-likeness (QED) is 0.468. The molecule has 1 rings (SSSR count). The van der Waals surface area contributed by atoms with Crippen molar-refractivity contribution in [3.8, 4) is 0 Å². The molecule has 1 aliphatic rings. The van der Waals surface area contributed by atoms with Gasteiger partial charge in [-0.3, -0.25) is 0 Å². The Morgan fingerprint density at radius 2 is 2.09 bits per heavy atom. The smallest absolute Gasteiger partial charge is 0.0841 e. The van der Waals surface area contributed by atoms with E-state index in [9.17, 15) is 4.21 Å². The molecule has 11 heavy (non-hydrogen) atoms. The summed E-state index contributed by atoms with van der Waals surface area (Å²) < 4.78 is 10.2. The van der Waals surface area contributed by atoms with Crippen molar-refractivity contribution in [3.63, 3.8) is 0 Å². The first-order chi connectivity index (χ1) is 5.33. The summed E-state index contributed by atoms with van der Waals surface area (Å²) in [5.74, 6) is 0. The van der Waals surface area contributed by atoms with E-state index in [1.165, 1.54) is 25.7 Å². The molecule has 1 fully saturated rings. The van der Waals surface area contributed by atoms with Crippen LogP contribution < -0.4 is 0 Å². The highest BCUT2D eigenvalue weighted by Crippen LogP contribution is 2.41. The Morgan fingerprint density at radius 3 is 2.55 bits per heavy atom. The average Bonchev–Trinajstić information content (AvgIpc) is 2.50. The van der Waals surface area contributed by atoms with Crippen molar-refractivity contribution in [1.82, 2.24) is 0 Å². The number of hydrogen-bond acceptors (Lipinski definition) is 1. The summed E-state index contributed by atoms with van der Waals surface area (Å²) in [7, 11) is 0. The first-order valence-corrected chi connectivity index (χ1v) is 4.87. The standard InChI is InChI=1S/C9H14OS/c1-2-9(7-8-11-10)5-3-4-6-9/h2,8H,1,3-7H2. The molecule has 0 spiro atoms. The Bertz CT molecular complexity index is 186. The highest BCUT2D eigenvalue weighted by atomic mass is 32.1. The summed E-state index contributed by atoms with van der Waals surface area (Å²) >= 11 is 0.580. The summed E-state index contributed by atoms with van der Waals surface area (Å²) in [4.78, 5) is 0. The van der Waals surface area contributed by atoms with E-state index in [0.717, 1.165) is 6.42 Å². The van der Waals surface area contributed by atoms with Gasteiger partial charge in [0.1, 0.15) is 0 Å². The molecule has 0 bridgehead atoms. The van der Waals surface area contributed by atoms with Crippen LogP contribution in [0.4, 0.5) is 0 Å². The molecule has 0 saturated heterocycles. The van der Waals surface area contributed by atoms with Crippen molar-refractivity contribution in [3.05, 3.63) is 12.7 Å². The van der Waals surface area contributed by atoms with Gasteiger partial charge in [-0.25, -0.2) is 4.21 Å². The van der Waals surface area contributed by atoms with Gasteiger partial charge in [0.2, 0.25) is 0 Å². The third-order valence-corrected chi connectivity index (χ3v) is 2.89. The Balaban J connectivity index is 2.58. The van der Waals surface area contributed by atoms with Crippen LogP contribution in [0, 0.1) is 5.41 Å². The van der Waals surface area contributed by atoms with Crippen LogP contribution in [0.1, 0.15) is 32.1 Å². The number of hydrogen-bond donors (Lipinski definition) is 0. The van der Waals surface area contributed by atoms with E-state index in [0.29, 0.717) is 11.3 Å². The van der Waals surface area contributed by atoms with Gasteiger partial charge in [0.25, 0.3) is 0 Å². The van der Waals surface area contributed by atoms with E-state index in [2.05, 4.69) is 6.58 Å². The molecule has 1 nitrogen and oxygen atoms in total. The van der Waals surface area contributed by atoms with Gasteiger partial charge < -0.3 is 0 Å². The minimum Gasteiger partial charge on any atom is -0.213 e. The molecule has 0 atom stereocenters. The molecule has 62 valence electrons. The molecule has 0 unspecified atom stereocenters. The molecule has 0 aromatic carbocycles. The Hall–Kier alpha value is -0.370. The van der Waals surface area contributed by atoms with Gasteiger partial charge in [-0.15, -0.1) is 6.58 Å². The lowest BCUT2D eigenvalue weighted by Gasteiger charge is -2.21. The molecule has 0 N–H and O–H groups in total. The van der Waals surface area contributed by atoms with Gasteiger partial charge in [-0.2, -0.15) is 0 Å². The van der Waals surface area contributed by atoms with Gasteiger partial charge >= 0.3 is 0 Å². The van der Waals surface area contributed by atoms with Gasteiger partial charge in [0.15, 0.2) is 0 Å². The zero-order valence-electron chi connectivity index (χ0n) is 6.71. The molecule has 1 aliphatic carbocycles. The Labute approximate surface area is 71.6 Å². The summed E-state index contributed by atoms with van der Waals surface area (Å²) in [6, 6.07) is 0. The average molecular weight is 170 g/mol. The zero-order valence-corrected chi connectivity index (χ0v) is 7.53. The van der Waals surface area contributed by atoms with Crippen molar-refractivity contribution in [2.75, 3.05) is 0 Å². The van der Waals surface area contributed by atoms with Crippen molar-refractivity contribution in [2.45, 2.75) is 32.1 Å². The van der Waals surface area contributed by atoms with E-state index in [1.54, 1.807) is 5.37 Å². The Kier molecular flexibility index (Phi) is 3.06. The lowest BCUT2D eigenvalue weighted by atomic mass is 9.84. The zero-order chi connectivity index (χ0) is 8.16. The fourth-order valence-electron chi connectivity index (χ4n) is 1.77. The fraction of sp³-hybridized carbons (Fsp3) is 0.667. The summed E-state index contributed by atoms with van der Waals surface area (Å²) in [5.41, 5.74) is 0.275. The van der Waals surface area contributed by atoms with Crippen molar-refractivity contribution >= 4 is 16.6 Å². The third-order valence-electron chi connectivity index (χ3n) is 2.59. The number of allylic oxidation sites excluding steroid dienone is 1. The first kappa shape index (κ1) is 8.72. The monoisotopic (exact) mass is 170 g/mol. The summed E-state index contributed by atoms with van der Waals surface area (Å²) in [6.07, 6.45) is 7.96. The van der Waals surface area contributed by atoms with E-state index in [1.807, 2.05) is 6.08 Å². The predicted molar refractivity (Wildman–Crippen MR) is 49.9 cm³/mol. The molecule has 2 heteroatoms. The second kappa shape index (κ2) is 3.86. The molecular weight excluding hydrogens is 156 g/mol. The third kappa shape index (κ3) is 2.03. The maximum absolute atomic E-state index is 10.2. The van der Waals surface area contributed by atoms with Crippen molar-refractivity contribution in [1.29, 1.82) is 0 Å². The van der Waals surface area contributed by atoms with Gasteiger partial charge in [-0.05, 0) is 24.7 Å². The minimum atomic E-state index is 0.275. The molecule has 0 aliphatic heterocycles. The lowest BCUT2D eigenvalue weighted by molar-refractivity contribution is 0.420. The van der Waals surface area contributed by atoms with Crippen LogP contribution in [0.3, 0.4) is 0 Å². The second-order valence-electron chi connectivity index (χ2n) is 3.24. The van der Waals surface area contributed by atoms with Crippen LogP contribution in [0.25, 0.3) is 0 Å². The van der Waals surface area contributed by atoms with Gasteiger partial charge in [0.05, 0.1) is 11.3 Å². The highest BCUT2D eigenvalue weighted by molar-refractivity contribution is 7.64. The number of rotatable bonds is 3. The summed E-state index contributed by atoms with van der Waals surface area (Å²) in [6.45, 7) is 3.84. The molecule has 0 aromatic rings. The van der Waals surface area contributed by atoms with Crippen molar-refractivity contribution < 1.29 is 4.21 Å². The summed E-state index contributed by atoms with van der Waals surface area (Å²) in [5, 5.41) is 1.76. The lowest BCUT2D eigenvalue weighted by Crippen LogP contribution is -2.12. The van der Waals surface area contributed by atoms with Crippen LogP contribution >= 0.6 is 0 Å². The van der Waals surface area contributed by atoms with Gasteiger partial charge in [0, 0.05) is 5.37 Å². The van der Waals surface area contributed by atoms with Gasteiger partial charge in [-0.1, -0.05) is 18.9 Å². The second-order valence-corrected chi connectivity index (χ2v) is 3.77. The van der Waals surface area contributed by atoms with E-state index in [-0.39, 0.29) is 5.41 Å². The van der Waals surface area contributed by atoms with E-state index < -0.39 is 0 Å². The fourth-order valence-corrected chi connectivity index (χ4v) is 2.17. The van der Waals surface area contributed by atoms with E-state index >= 15 is 0 Å². The van der Waals surface area contributed by atoms with Crippen LogP contribution in [0.2, 0.25) is 0 Å². The minimum absolute atomic E-state index is 0.275. The largest absolute Gasteiger partial charge is 0.213 e. The van der Waals surface area contributed by atoms with E-state index in [4.69, 9.17) is 0 Å². The van der Waals surface area contributed by atoms with Crippen LogP contribution in [-0.2, 0) is 11.3 Å². The molecule has 1 saturated carbocycles. The SMILES string of the molecule is C=CC1(CC=S=O)CCCC1. The first-order valence-electron chi connectivity index (χ1n) is 4.07. The topological polar surface area (TPSA) is 17.1 Å². The predicted octanol–water partition coefficient (Wildman–Crippen LogP) is 2.14. The van der Waals surface area contributed by atoms with Crippen LogP contribution in [0.5, 0.6) is 0 Å². The molecule has 0 heterocycles. The molecule has 0 aromatic heterocycles. The van der Waals surface area contributed by atoms with Crippen LogP contribution in [-0.4, -0.2) is 9.58 Å². The molecule has 0 radical (unpaired) electrons. The maximum Gasteiger partial charge on any atom is 0.0841 e. The highest BCUT2D eigenvalue weighted by Gasteiger charge is 2.29. The Morgan fingerprint density at radius 1 is 1.45 bits per heavy atom. The molecule has 0 amide bonds. The van der Waals surface area contributed by atoms with Crippen LogP contribution in [0.15, 0.2) is 12.7 Å². The van der Waals surface area contributed by atoms with Crippen molar-refractivity contribution in [2.24, 2.45) is 5.41 Å². The maximum atomic E-state index is 10.2. The normalized spacial score (nSPS) is 21.1. The molecular formula is C9H14OS.